The summed E-state index contributed by atoms with van der Waals surface area (Å²) in [6.45, 7) is 1.81. The Bertz CT molecular complexity index is 580. The highest BCUT2D eigenvalue weighted by Gasteiger charge is 2.14. The minimum absolute atomic E-state index is 0.0817. The summed E-state index contributed by atoms with van der Waals surface area (Å²) in [6.07, 6.45) is 0.629. The van der Waals surface area contributed by atoms with Crippen LogP contribution in [0, 0.1) is 11.8 Å². The van der Waals surface area contributed by atoms with E-state index >= 15 is 0 Å². The number of benzene rings is 1. The van der Waals surface area contributed by atoms with Crippen LogP contribution in [-0.4, -0.2) is 0 Å². The number of halogens is 1. The second-order valence-corrected chi connectivity index (χ2v) is 4.51. The summed E-state index contributed by atoms with van der Waals surface area (Å²) in [6, 6.07) is 7.84. The molecule has 0 aliphatic heterocycles. The number of fused-ring (bicyclic) bond motifs is 1. The van der Waals surface area contributed by atoms with Crippen molar-refractivity contribution in [2.24, 2.45) is 5.84 Å². The molecule has 0 radical (unpaired) electrons. The molecule has 0 saturated carbocycles. The highest BCUT2D eigenvalue weighted by Crippen LogP contribution is 2.30. The summed E-state index contributed by atoms with van der Waals surface area (Å²) in [5.41, 5.74) is 3.56. The van der Waals surface area contributed by atoms with Crippen molar-refractivity contribution in [1.82, 2.24) is 5.43 Å². The largest absolute Gasteiger partial charge is 0.458 e. The average Bonchev–Trinajstić information content (AvgIpc) is 2.75. The van der Waals surface area contributed by atoms with Crippen molar-refractivity contribution in [3.63, 3.8) is 0 Å². The third-order valence-electron chi connectivity index (χ3n) is 2.54. The lowest BCUT2D eigenvalue weighted by Gasteiger charge is -2.08. The van der Waals surface area contributed by atoms with Crippen molar-refractivity contribution in [3.8, 4) is 11.8 Å². The summed E-state index contributed by atoms with van der Waals surface area (Å²) in [5.74, 6) is 12.2. The Morgan fingerprint density at radius 3 is 3.00 bits per heavy atom. The van der Waals surface area contributed by atoms with Crippen molar-refractivity contribution in [2.45, 2.75) is 19.4 Å². The molecule has 4 heteroatoms. The third-order valence-corrected chi connectivity index (χ3v) is 3.17. The maximum Gasteiger partial charge on any atom is 0.148 e. The van der Waals surface area contributed by atoms with Crippen LogP contribution in [0.4, 0.5) is 0 Å². The molecule has 1 heterocycles. The van der Waals surface area contributed by atoms with Gasteiger partial charge in [-0.3, -0.25) is 5.84 Å². The van der Waals surface area contributed by atoms with Crippen molar-refractivity contribution >= 4 is 26.9 Å². The van der Waals surface area contributed by atoms with Crippen LogP contribution < -0.4 is 11.3 Å². The van der Waals surface area contributed by atoms with Gasteiger partial charge in [-0.25, -0.2) is 5.43 Å². The minimum atomic E-state index is -0.0817. The van der Waals surface area contributed by atoms with E-state index in [-0.39, 0.29) is 6.04 Å². The summed E-state index contributed by atoms with van der Waals surface area (Å²) < 4.78 is 6.73. The molecule has 3 N–H and O–H groups in total. The number of nitrogens with two attached hydrogens (primary N) is 1. The maximum atomic E-state index is 5.79. The molecule has 88 valence electrons. The van der Waals surface area contributed by atoms with Gasteiger partial charge in [0.1, 0.15) is 11.3 Å². The van der Waals surface area contributed by atoms with E-state index in [1.165, 1.54) is 0 Å². The summed E-state index contributed by atoms with van der Waals surface area (Å²) in [5, 5.41) is 1.05. The number of hydrogen-bond donors (Lipinski definition) is 2. The smallest absolute Gasteiger partial charge is 0.148 e. The molecule has 3 nitrogen and oxygen atoms in total. The van der Waals surface area contributed by atoms with Gasteiger partial charge in [0.2, 0.25) is 0 Å². The van der Waals surface area contributed by atoms with Crippen molar-refractivity contribution in [3.05, 3.63) is 34.5 Å². The predicted octanol–water partition coefficient (Wildman–Crippen LogP) is 3.11. The molecule has 0 fully saturated rings. The number of rotatable bonds is 3. The van der Waals surface area contributed by atoms with Crippen LogP contribution in [0.1, 0.15) is 25.1 Å². The standard InChI is InChI=1S/C13H13BrN2O/c1-2-3-7-11(16-15)12-8-9-5-4-6-10(14)13(9)17-12/h4-6,8,11,16H,7,15H2,1H3. The van der Waals surface area contributed by atoms with Crippen molar-refractivity contribution in [1.29, 1.82) is 0 Å². The highest BCUT2D eigenvalue weighted by atomic mass is 79.9. The second kappa shape index (κ2) is 5.37. The lowest BCUT2D eigenvalue weighted by molar-refractivity contribution is 0.442. The summed E-state index contributed by atoms with van der Waals surface area (Å²) in [7, 11) is 0. The number of para-hydroxylation sites is 1. The first-order valence-corrected chi connectivity index (χ1v) is 6.09. The molecular weight excluding hydrogens is 280 g/mol. The number of furan rings is 1. The van der Waals surface area contributed by atoms with Gasteiger partial charge >= 0.3 is 0 Å². The Hall–Kier alpha value is -1.28. The Balaban J connectivity index is 2.39. The van der Waals surface area contributed by atoms with Crippen LogP contribution in [0.2, 0.25) is 0 Å². The van der Waals surface area contributed by atoms with Crippen LogP contribution in [0.5, 0.6) is 0 Å². The fourth-order valence-electron chi connectivity index (χ4n) is 1.66. The molecule has 0 aliphatic carbocycles. The zero-order chi connectivity index (χ0) is 12.3. The molecule has 2 aromatic rings. The molecule has 1 atom stereocenters. The molecule has 0 bridgehead atoms. The minimum Gasteiger partial charge on any atom is -0.458 e. The topological polar surface area (TPSA) is 51.2 Å². The van der Waals surface area contributed by atoms with E-state index in [2.05, 4.69) is 33.2 Å². The molecule has 1 aromatic heterocycles. The summed E-state index contributed by atoms with van der Waals surface area (Å²) in [4.78, 5) is 0. The Morgan fingerprint density at radius 1 is 1.53 bits per heavy atom. The molecule has 0 spiro atoms. The molecule has 0 saturated heterocycles. The lowest BCUT2D eigenvalue weighted by Crippen LogP contribution is -2.27. The normalized spacial score (nSPS) is 12.2. The molecule has 2 rings (SSSR count). The van der Waals surface area contributed by atoms with E-state index in [1.807, 2.05) is 31.2 Å². The van der Waals surface area contributed by atoms with Gasteiger partial charge < -0.3 is 4.42 Å². The Labute approximate surface area is 108 Å². The van der Waals surface area contributed by atoms with E-state index in [9.17, 15) is 0 Å². The number of hydrogen-bond acceptors (Lipinski definition) is 3. The fourth-order valence-corrected chi connectivity index (χ4v) is 2.13. The van der Waals surface area contributed by atoms with Crippen LogP contribution in [0.15, 0.2) is 33.2 Å². The third kappa shape index (κ3) is 2.52. The molecule has 17 heavy (non-hydrogen) atoms. The predicted molar refractivity (Wildman–Crippen MR) is 72.0 cm³/mol. The van der Waals surface area contributed by atoms with Gasteiger partial charge in [-0.05, 0) is 35.0 Å². The van der Waals surface area contributed by atoms with Gasteiger partial charge in [0.05, 0.1) is 10.5 Å². The van der Waals surface area contributed by atoms with E-state index in [4.69, 9.17) is 10.3 Å². The molecular formula is C13H13BrN2O. The SMILES string of the molecule is CC#CCC(NN)c1cc2cccc(Br)c2o1. The fraction of sp³-hybridized carbons (Fsp3) is 0.231. The van der Waals surface area contributed by atoms with Crippen LogP contribution in [0.3, 0.4) is 0 Å². The van der Waals surface area contributed by atoms with Gasteiger partial charge in [0, 0.05) is 11.8 Å². The van der Waals surface area contributed by atoms with E-state index in [0.717, 1.165) is 21.2 Å². The van der Waals surface area contributed by atoms with E-state index in [0.29, 0.717) is 6.42 Å². The van der Waals surface area contributed by atoms with Crippen LogP contribution in [-0.2, 0) is 0 Å². The summed E-state index contributed by atoms with van der Waals surface area (Å²) >= 11 is 3.46. The van der Waals surface area contributed by atoms with E-state index in [1.54, 1.807) is 0 Å². The first kappa shape index (κ1) is 12.2. The van der Waals surface area contributed by atoms with E-state index < -0.39 is 0 Å². The average molecular weight is 293 g/mol. The Morgan fingerprint density at radius 2 is 2.35 bits per heavy atom. The highest BCUT2D eigenvalue weighted by molar-refractivity contribution is 9.10. The van der Waals surface area contributed by atoms with Crippen molar-refractivity contribution in [2.75, 3.05) is 0 Å². The van der Waals surface area contributed by atoms with Gasteiger partial charge in [-0.15, -0.1) is 11.8 Å². The molecule has 0 aliphatic rings. The quantitative estimate of drug-likeness (QED) is 0.519. The first-order valence-electron chi connectivity index (χ1n) is 5.30. The van der Waals surface area contributed by atoms with Gasteiger partial charge in [-0.2, -0.15) is 0 Å². The van der Waals surface area contributed by atoms with Gasteiger partial charge in [0.25, 0.3) is 0 Å². The molecule has 1 unspecified atom stereocenters. The van der Waals surface area contributed by atoms with Crippen molar-refractivity contribution < 1.29 is 4.42 Å². The zero-order valence-electron chi connectivity index (χ0n) is 9.46. The van der Waals surface area contributed by atoms with Crippen LogP contribution >= 0.6 is 15.9 Å². The van der Waals surface area contributed by atoms with Gasteiger partial charge in [-0.1, -0.05) is 12.1 Å². The second-order valence-electron chi connectivity index (χ2n) is 3.66. The molecule has 1 aromatic carbocycles. The Kier molecular flexibility index (Phi) is 3.85. The van der Waals surface area contributed by atoms with Gasteiger partial charge in [0.15, 0.2) is 0 Å². The maximum absolute atomic E-state index is 5.79. The first-order chi connectivity index (χ1) is 8.26. The molecule has 0 amide bonds. The lowest BCUT2D eigenvalue weighted by atomic mass is 10.1. The monoisotopic (exact) mass is 292 g/mol. The van der Waals surface area contributed by atoms with Crippen LogP contribution in [0.25, 0.3) is 11.0 Å². The number of hydrazine groups is 1. The number of nitrogens with one attached hydrogen (secondary N) is 1. The zero-order valence-corrected chi connectivity index (χ0v) is 11.0.